The van der Waals surface area contributed by atoms with Crippen LogP contribution in [0.1, 0.15) is 12.0 Å². The number of halogens is 2. The third kappa shape index (κ3) is 4.05. The number of H-pyrrole nitrogens is 1. The summed E-state index contributed by atoms with van der Waals surface area (Å²) in [7, 11) is 0. The van der Waals surface area contributed by atoms with Crippen molar-refractivity contribution in [2.75, 3.05) is 11.9 Å². The van der Waals surface area contributed by atoms with Crippen LogP contribution in [0.3, 0.4) is 0 Å². The first-order chi connectivity index (χ1) is 12.5. The summed E-state index contributed by atoms with van der Waals surface area (Å²) in [6, 6.07) is 10.9. The molecule has 134 valence electrons. The van der Waals surface area contributed by atoms with E-state index in [0.717, 1.165) is 28.6 Å². The molecule has 0 saturated heterocycles. The van der Waals surface area contributed by atoms with E-state index >= 15 is 0 Å². The molecule has 0 atom stereocenters. The predicted molar refractivity (Wildman–Crippen MR) is 92.6 cm³/mol. The van der Waals surface area contributed by atoms with Gasteiger partial charge in [-0.3, -0.25) is 9.59 Å². The predicted octanol–water partition coefficient (Wildman–Crippen LogP) is 3.56. The van der Waals surface area contributed by atoms with Crippen molar-refractivity contribution in [3.05, 3.63) is 65.9 Å². The average Bonchev–Trinajstić information content (AvgIpc) is 3.04. The topological polar surface area (TPSA) is 71.2 Å². The maximum Gasteiger partial charge on any atom is 0.306 e. The first-order valence-corrected chi connectivity index (χ1v) is 7.99. The number of esters is 1. The van der Waals surface area contributed by atoms with Gasteiger partial charge in [0, 0.05) is 23.5 Å². The number of carbonyl (C=O) groups is 2. The van der Waals surface area contributed by atoms with Crippen molar-refractivity contribution in [3.8, 4) is 0 Å². The summed E-state index contributed by atoms with van der Waals surface area (Å²) < 4.78 is 31.8. The summed E-state index contributed by atoms with van der Waals surface area (Å²) in [6.45, 7) is -0.611. The van der Waals surface area contributed by atoms with Gasteiger partial charge in [0.25, 0.3) is 5.91 Å². The summed E-state index contributed by atoms with van der Waals surface area (Å²) in [5.41, 5.74) is 1.38. The minimum Gasteiger partial charge on any atom is -0.456 e. The van der Waals surface area contributed by atoms with Crippen LogP contribution in [0.4, 0.5) is 14.5 Å². The quantitative estimate of drug-likeness (QED) is 0.662. The summed E-state index contributed by atoms with van der Waals surface area (Å²) >= 11 is 0. The molecule has 2 aromatic carbocycles. The summed E-state index contributed by atoms with van der Waals surface area (Å²) in [4.78, 5) is 26.6. The first-order valence-electron chi connectivity index (χ1n) is 7.99. The number of benzene rings is 2. The molecule has 0 bridgehead atoms. The molecule has 1 heterocycles. The number of anilines is 1. The highest BCUT2D eigenvalue weighted by Gasteiger charge is 2.14. The van der Waals surface area contributed by atoms with Crippen LogP contribution in [0, 0.1) is 11.6 Å². The van der Waals surface area contributed by atoms with Gasteiger partial charge in [0.1, 0.15) is 17.3 Å². The van der Waals surface area contributed by atoms with Gasteiger partial charge in [0.2, 0.25) is 0 Å². The minimum absolute atomic E-state index is 0.0865. The molecular weight excluding hydrogens is 342 g/mol. The van der Waals surface area contributed by atoms with E-state index in [1.54, 1.807) is 0 Å². The number of aryl methyl sites for hydroxylation is 1. The lowest BCUT2D eigenvalue weighted by atomic mass is 10.1. The molecule has 1 amide bonds. The first kappa shape index (κ1) is 17.6. The SMILES string of the molecule is O=C(COC(=O)CCc1c[nH]c2ccccc12)Nc1c(F)cccc1F. The number of carbonyl (C=O) groups excluding carboxylic acids is 2. The van der Waals surface area contributed by atoms with Crippen LogP contribution in [0.2, 0.25) is 0 Å². The summed E-state index contributed by atoms with van der Waals surface area (Å²) in [5.74, 6) is -3.18. The molecule has 0 unspecified atom stereocenters. The molecule has 5 nitrogen and oxygen atoms in total. The van der Waals surface area contributed by atoms with Gasteiger partial charge in [0.05, 0.1) is 0 Å². The lowest BCUT2D eigenvalue weighted by Gasteiger charge is -2.08. The number of para-hydroxylation sites is 2. The van der Waals surface area contributed by atoms with Crippen LogP contribution in [-0.4, -0.2) is 23.5 Å². The Morgan fingerprint density at radius 1 is 1.04 bits per heavy atom. The highest BCUT2D eigenvalue weighted by Crippen LogP contribution is 2.19. The molecule has 26 heavy (non-hydrogen) atoms. The molecule has 7 heteroatoms. The van der Waals surface area contributed by atoms with Gasteiger partial charge in [-0.1, -0.05) is 24.3 Å². The molecule has 0 aliphatic rings. The second-order valence-electron chi connectivity index (χ2n) is 5.67. The molecule has 0 aliphatic heterocycles. The van der Waals surface area contributed by atoms with E-state index in [-0.39, 0.29) is 6.42 Å². The molecular formula is C19H16F2N2O3. The van der Waals surface area contributed by atoms with E-state index < -0.39 is 35.8 Å². The Labute approximate surface area is 148 Å². The number of hydrogen-bond donors (Lipinski definition) is 2. The van der Waals surface area contributed by atoms with Crippen molar-refractivity contribution in [2.24, 2.45) is 0 Å². The number of fused-ring (bicyclic) bond motifs is 1. The van der Waals surface area contributed by atoms with E-state index in [1.165, 1.54) is 6.07 Å². The molecule has 0 radical (unpaired) electrons. The van der Waals surface area contributed by atoms with Gasteiger partial charge in [-0.2, -0.15) is 0 Å². The third-order valence-corrected chi connectivity index (χ3v) is 3.86. The van der Waals surface area contributed by atoms with Gasteiger partial charge >= 0.3 is 5.97 Å². The van der Waals surface area contributed by atoms with Crippen LogP contribution in [-0.2, 0) is 20.7 Å². The standard InChI is InChI=1S/C19H16F2N2O3/c20-14-5-3-6-15(21)19(14)23-17(24)11-26-18(25)9-8-12-10-22-16-7-2-1-4-13(12)16/h1-7,10,22H,8-9,11H2,(H,23,24). The number of aromatic nitrogens is 1. The van der Waals surface area contributed by atoms with Crippen LogP contribution < -0.4 is 5.32 Å². The van der Waals surface area contributed by atoms with E-state index in [1.807, 2.05) is 30.5 Å². The maximum absolute atomic E-state index is 13.4. The zero-order valence-electron chi connectivity index (χ0n) is 13.7. The Bertz CT molecular complexity index is 933. The number of hydrogen-bond acceptors (Lipinski definition) is 3. The highest BCUT2D eigenvalue weighted by atomic mass is 19.1. The van der Waals surface area contributed by atoms with Crippen LogP contribution in [0.25, 0.3) is 10.9 Å². The van der Waals surface area contributed by atoms with Gasteiger partial charge in [0.15, 0.2) is 6.61 Å². The van der Waals surface area contributed by atoms with Crippen molar-refractivity contribution in [3.63, 3.8) is 0 Å². The third-order valence-electron chi connectivity index (χ3n) is 3.86. The maximum atomic E-state index is 13.4. The Kier molecular flexibility index (Phi) is 5.26. The number of nitrogens with one attached hydrogen (secondary N) is 2. The second-order valence-corrected chi connectivity index (χ2v) is 5.67. The van der Waals surface area contributed by atoms with E-state index in [0.29, 0.717) is 6.42 Å². The summed E-state index contributed by atoms with van der Waals surface area (Å²) in [5, 5.41) is 3.08. The van der Waals surface area contributed by atoms with Crippen molar-refractivity contribution >= 4 is 28.5 Å². The van der Waals surface area contributed by atoms with Gasteiger partial charge in [-0.05, 0) is 30.2 Å². The fourth-order valence-electron chi connectivity index (χ4n) is 2.59. The molecule has 2 N–H and O–H groups in total. The minimum atomic E-state index is -0.899. The average molecular weight is 358 g/mol. The van der Waals surface area contributed by atoms with E-state index in [4.69, 9.17) is 4.74 Å². The van der Waals surface area contributed by atoms with Gasteiger partial charge in [-0.15, -0.1) is 0 Å². The number of ether oxygens (including phenoxy) is 1. The smallest absolute Gasteiger partial charge is 0.306 e. The zero-order valence-corrected chi connectivity index (χ0v) is 13.7. The van der Waals surface area contributed by atoms with E-state index in [9.17, 15) is 18.4 Å². The highest BCUT2D eigenvalue weighted by molar-refractivity contribution is 5.93. The Morgan fingerprint density at radius 2 is 1.77 bits per heavy atom. The van der Waals surface area contributed by atoms with Gasteiger partial charge in [-0.25, -0.2) is 8.78 Å². The Hall–Kier alpha value is -3.22. The van der Waals surface area contributed by atoms with Crippen molar-refractivity contribution in [1.29, 1.82) is 0 Å². The fraction of sp³-hybridized carbons (Fsp3) is 0.158. The Balaban J connectivity index is 1.49. The van der Waals surface area contributed by atoms with E-state index in [2.05, 4.69) is 10.3 Å². The van der Waals surface area contributed by atoms with Crippen molar-refractivity contribution < 1.29 is 23.1 Å². The van der Waals surface area contributed by atoms with Crippen molar-refractivity contribution in [2.45, 2.75) is 12.8 Å². The monoisotopic (exact) mass is 358 g/mol. The van der Waals surface area contributed by atoms with Gasteiger partial charge < -0.3 is 15.0 Å². The van der Waals surface area contributed by atoms with Crippen LogP contribution >= 0.6 is 0 Å². The normalized spacial score (nSPS) is 10.7. The zero-order chi connectivity index (χ0) is 18.5. The molecule has 0 fully saturated rings. The van der Waals surface area contributed by atoms with Crippen LogP contribution in [0.5, 0.6) is 0 Å². The largest absolute Gasteiger partial charge is 0.456 e. The molecule has 1 aromatic heterocycles. The number of rotatable bonds is 6. The lowest BCUT2D eigenvalue weighted by Crippen LogP contribution is -2.22. The van der Waals surface area contributed by atoms with Crippen LogP contribution in [0.15, 0.2) is 48.7 Å². The number of amides is 1. The Morgan fingerprint density at radius 3 is 2.54 bits per heavy atom. The summed E-state index contributed by atoms with van der Waals surface area (Å²) in [6.07, 6.45) is 2.36. The molecule has 0 spiro atoms. The fourth-order valence-corrected chi connectivity index (χ4v) is 2.59. The molecule has 3 aromatic rings. The molecule has 0 aliphatic carbocycles. The lowest BCUT2D eigenvalue weighted by molar-refractivity contribution is -0.147. The molecule has 0 saturated carbocycles. The second kappa shape index (κ2) is 7.77. The molecule has 3 rings (SSSR count). The van der Waals surface area contributed by atoms with Crippen molar-refractivity contribution in [1.82, 2.24) is 4.98 Å². The number of aromatic amines is 1.